The summed E-state index contributed by atoms with van der Waals surface area (Å²) in [5, 5.41) is 2.68. The Balaban J connectivity index is 1.69. The number of nitrogens with zero attached hydrogens (tertiary/aromatic N) is 1. The van der Waals surface area contributed by atoms with Crippen LogP contribution in [0.5, 0.6) is 5.75 Å². The zero-order valence-corrected chi connectivity index (χ0v) is 10.2. The first-order valence-electron chi connectivity index (χ1n) is 5.87. The van der Waals surface area contributed by atoms with Gasteiger partial charge in [-0.1, -0.05) is 12.1 Å². The van der Waals surface area contributed by atoms with E-state index in [9.17, 15) is 9.18 Å². The molecule has 0 saturated heterocycles. The summed E-state index contributed by atoms with van der Waals surface area (Å²) in [4.78, 5) is 18.3. The van der Waals surface area contributed by atoms with Crippen molar-refractivity contribution in [3.05, 3.63) is 48.3 Å². The molecular formula is C13H14FN3O2. The molecule has 0 aliphatic carbocycles. The van der Waals surface area contributed by atoms with Crippen LogP contribution < -0.4 is 10.1 Å². The van der Waals surface area contributed by atoms with Crippen LogP contribution >= 0.6 is 0 Å². The van der Waals surface area contributed by atoms with E-state index in [4.69, 9.17) is 4.74 Å². The highest BCUT2D eigenvalue weighted by atomic mass is 19.1. The third-order valence-electron chi connectivity index (χ3n) is 2.47. The Morgan fingerprint density at radius 3 is 3.00 bits per heavy atom. The maximum atomic E-state index is 13.2. The fraction of sp³-hybridized carbons (Fsp3) is 0.231. The zero-order chi connectivity index (χ0) is 13.5. The molecule has 100 valence electrons. The molecule has 0 radical (unpaired) electrons. The standard InChI is InChI=1S/C13H14FN3O2/c14-11-3-1-2-4-12(11)19-8-13(18)16-6-5-10-7-15-9-17-10/h1-4,7,9H,5-6,8H2,(H,15,17)(H,16,18). The molecule has 2 rings (SSSR count). The second kappa shape index (κ2) is 6.53. The lowest BCUT2D eigenvalue weighted by Crippen LogP contribution is -2.30. The Labute approximate surface area is 109 Å². The number of ether oxygens (including phenoxy) is 1. The van der Waals surface area contributed by atoms with Gasteiger partial charge in [0.2, 0.25) is 0 Å². The van der Waals surface area contributed by atoms with E-state index in [1.165, 1.54) is 12.1 Å². The molecule has 1 heterocycles. The number of rotatable bonds is 6. The Morgan fingerprint density at radius 1 is 1.42 bits per heavy atom. The van der Waals surface area contributed by atoms with Crippen LogP contribution in [0, 0.1) is 5.82 Å². The van der Waals surface area contributed by atoms with Crippen LogP contribution in [0.2, 0.25) is 0 Å². The number of amides is 1. The van der Waals surface area contributed by atoms with Crippen molar-refractivity contribution in [3.8, 4) is 5.75 Å². The summed E-state index contributed by atoms with van der Waals surface area (Å²) < 4.78 is 18.3. The number of carbonyl (C=O) groups is 1. The summed E-state index contributed by atoms with van der Waals surface area (Å²) in [6.07, 6.45) is 3.94. The summed E-state index contributed by atoms with van der Waals surface area (Å²) in [6.45, 7) is 0.269. The number of benzene rings is 1. The van der Waals surface area contributed by atoms with Crippen LogP contribution in [0.4, 0.5) is 4.39 Å². The van der Waals surface area contributed by atoms with Crippen LogP contribution in [-0.2, 0) is 11.2 Å². The summed E-state index contributed by atoms with van der Waals surface area (Å²) >= 11 is 0. The van der Waals surface area contributed by atoms with E-state index < -0.39 is 5.82 Å². The Kier molecular flexibility index (Phi) is 4.49. The lowest BCUT2D eigenvalue weighted by atomic mass is 10.3. The van der Waals surface area contributed by atoms with E-state index in [1.807, 2.05) is 0 Å². The van der Waals surface area contributed by atoms with Gasteiger partial charge in [0.25, 0.3) is 5.91 Å². The molecule has 0 bridgehead atoms. The van der Waals surface area contributed by atoms with Gasteiger partial charge in [-0.25, -0.2) is 9.37 Å². The molecule has 5 nitrogen and oxygen atoms in total. The van der Waals surface area contributed by atoms with Gasteiger partial charge in [-0.3, -0.25) is 4.79 Å². The maximum Gasteiger partial charge on any atom is 0.257 e. The van der Waals surface area contributed by atoms with Crippen LogP contribution in [-0.4, -0.2) is 29.0 Å². The second-order valence-electron chi connectivity index (χ2n) is 3.90. The number of aromatic amines is 1. The Bertz CT molecular complexity index is 528. The SMILES string of the molecule is O=C(COc1ccccc1F)NCCc1cnc[nH]1. The van der Waals surface area contributed by atoms with Crippen LogP contribution in [0.25, 0.3) is 0 Å². The predicted molar refractivity (Wildman–Crippen MR) is 67.2 cm³/mol. The molecule has 1 amide bonds. The van der Waals surface area contributed by atoms with Crippen LogP contribution in [0.3, 0.4) is 0 Å². The highest BCUT2D eigenvalue weighted by Gasteiger charge is 2.05. The van der Waals surface area contributed by atoms with E-state index in [2.05, 4.69) is 15.3 Å². The molecule has 0 fully saturated rings. The minimum atomic E-state index is -0.479. The van der Waals surface area contributed by atoms with Crippen molar-refractivity contribution in [1.29, 1.82) is 0 Å². The predicted octanol–water partition coefficient (Wildman–Crippen LogP) is 1.29. The topological polar surface area (TPSA) is 67.0 Å². The third kappa shape index (κ3) is 4.09. The second-order valence-corrected chi connectivity index (χ2v) is 3.90. The number of nitrogens with one attached hydrogen (secondary N) is 2. The fourth-order valence-corrected chi connectivity index (χ4v) is 1.51. The summed E-state index contributed by atoms with van der Waals surface area (Å²) in [5.74, 6) is -0.693. The highest BCUT2D eigenvalue weighted by Crippen LogP contribution is 2.14. The summed E-state index contributed by atoms with van der Waals surface area (Å²) in [7, 11) is 0. The highest BCUT2D eigenvalue weighted by molar-refractivity contribution is 5.77. The molecule has 1 aromatic heterocycles. The van der Waals surface area contributed by atoms with E-state index in [0.717, 1.165) is 5.69 Å². The van der Waals surface area contributed by atoms with Gasteiger partial charge in [-0.05, 0) is 12.1 Å². The maximum absolute atomic E-state index is 13.2. The molecule has 1 aromatic carbocycles. The van der Waals surface area contributed by atoms with Gasteiger partial charge >= 0.3 is 0 Å². The molecule has 6 heteroatoms. The first kappa shape index (κ1) is 13.1. The smallest absolute Gasteiger partial charge is 0.257 e. The average Bonchev–Trinajstić information content (AvgIpc) is 2.91. The molecule has 19 heavy (non-hydrogen) atoms. The number of H-pyrrole nitrogens is 1. The fourth-order valence-electron chi connectivity index (χ4n) is 1.51. The van der Waals surface area contributed by atoms with Crippen LogP contribution in [0.15, 0.2) is 36.8 Å². The Morgan fingerprint density at radius 2 is 2.26 bits per heavy atom. The molecule has 0 aliphatic rings. The lowest BCUT2D eigenvalue weighted by molar-refractivity contribution is -0.123. The third-order valence-corrected chi connectivity index (χ3v) is 2.47. The number of aromatic nitrogens is 2. The molecule has 2 aromatic rings. The lowest BCUT2D eigenvalue weighted by Gasteiger charge is -2.07. The van der Waals surface area contributed by atoms with Gasteiger partial charge in [-0.2, -0.15) is 0 Å². The van der Waals surface area contributed by atoms with E-state index in [0.29, 0.717) is 13.0 Å². The number of imidazole rings is 1. The number of para-hydroxylation sites is 1. The summed E-state index contributed by atoms with van der Waals surface area (Å²) in [6, 6.07) is 5.97. The van der Waals surface area contributed by atoms with E-state index in [-0.39, 0.29) is 18.3 Å². The van der Waals surface area contributed by atoms with Gasteiger partial charge in [0, 0.05) is 24.9 Å². The normalized spacial score (nSPS) is 10.2. The van der Waals surface area contributed by atoms with Gasteiger partial charge in [0.05, 0.1) is 6.33 Å². The molecule has 0 atom stereocenters. The van der Waals surface area contributed by atoms with Crippen molar-refractivity contribution in [2.45, 2.75) is 6.42 Å². The molecular weight excluding hydrogens is 249 g/mol. The van der Waals surface area contributed by atoms with Gasteiger partial charge in [-0.15, -0.1) is 0 Å². The van der Waals surface area contributed by atoms with Crippen molar-refractivity contribution in [1.82, 2.24) is 15.3 Å². The molecule has 0 unspecified atom stereocenters. The van der Waals surface area contributed by atoms with Crippen molar-refractivity contribution in [2.24, 2.45) is 0 Å². The molecule has 0 saturated carbocycles. The molecule has 0 aliphatic heterocycles. The minimum Gasteiger partial charge on any atom is -0.481 e. The monoisotopic (exact) mass is 263 g/mol. The van der Waals surface area contributed by atoms with Crippen molar-refractivity contribution >= 4 is 5.91 Å². The number of hydrogen-bond donors (Lipinski definition) is 2. The summed E-state index contributed by atoms with van der Waals surface area (Å²) in [5.41, 5.74) is 0.940. The number of carbonyl (C=O) groups excluding carboxylic acids is 1. The van der Waals surface area contributed by atoms with Gasteiger partial charge in [0.15, 0.2) is 18.2 Å². The quantitative estimate of drug-likeness (QED) is 0.825. The Hall–Kier alpha value is -2.37. The average molecular weight is 263 g/mol. The van der Waals surface area contributed by atoms with Gasteiger partial charge in [0.1, 0.15) is 0 Å². The van der Waals surface area contributed by atoms with Crippen molar-refractivity contribution in [3.63, 3.8) is 0 Å². The molecule has 0 spiro atoms. The van der Waals surface area contributed by atoms with E-state index >= 15 is 0 Å². The number of halogens is 1. The van der Waals surface area contributed by atoms with Crippen LogP contribution in [0.1, 0.15) is 5.69 Å². The first-order valence-corrected chi connectivity index (χ1v) is 5.87. The first-order chi connectivity index (χ1) is 9.25. The molecule has 2 N–H and O–H groups in total. The van der Waals surface area contributed by atoms with Crippen molar-refractivity contribution < 1.29 is 13.9 Å². The van der Waals surface area contributed by atoms with E-state index in [1.54, 1.807) is 24.7 Å². The largest absolute Gasteiger partial charge is 0.481 e. The zero-order valence-electron chi connectivity index (χ0n) is 10.2. The minimum absolute atomic E-state index is 0.0752. The van der Waals surface area contributed by atoms with Gasteiger partial charge < -0.3 is 15.0 Å². The number of hydrogen-bond acceptors (Lipinski definition) is 3. The van der Waals surface area contributed by atoms with Crippen molar-refractivity contribution in [2.75, 3.05) is 13.2 Å².